The number of benzene rings is 3. The minimum Gasteiger partial charge on any atom is -0.489 e. The number of hydrogen-bond acceptors (Lipinski definition) is 3. The molecule has 2 nitrogen and oxygen atoms in total. The highest BCUT2D eigenvalue weighted by atomic mass is 32.1. The van der Waals surface area contributed by atoms with Gasteiger partial charge >= 0.3 is 0 Å². The van der Waals surface area contributed by atoms with E-state index in [1.54, 1.807) is 11.3 Å². The van der Waals surface area contributed by atoms with E-state index in [1.165, 1.54) is 53.5 Å². The largest absolute Gasteiger partial charge is 0.489 e. The van der Waals surface area contributed by atoms with E-state index in [4.69, 9.17) is 9.72 Å². The van der Waals surface area contributed by atoms with Crippen LogP contribution in [0.25, 0.3) is 11.3 Å². The summed E-state index contributed by atoms with van der Waals surface area (Å²) in [5, 5.41) is 3.30. The number of aromatic nitrogens is 1. The first-order valence-corrected chi connectivity index (χ1v) is 13.3. The molecule has 0 N–H and O–H groups in total. The van der Waals surface area contributed by atoms with Gasteiger partial charge < -0.3 is 4.74 Å². The van der Waals surface area contributed by atoms with Crippen LogP contribution in [-0.4, -0.2) is 4.98 Å². The smallest absolute Gasteiger partial charge is 0.120 e. The average molecular weight is 470 g/mol. The van der Waals surface area contributed by atoms with Gasteiger partial charge in [0.2, 0.25) is 0 Å². The molecule has 0 unspecified atom stereocenters. The van der Waals surface area contributed by atoms with Crippen molar-refractivity contribution in [2.75, 3.05) is 0 Å². The predicted octanol–water partition coefficient (Wildman–Crippen LogP) is 8.97. The Morgan fingerprint density at radius 2 is 1.59 bits per heavy atom. The van der Waals surface area contributed by atoms with Gasteiger partial charge in [-0.25, -0.2) is 4.98 Å². The first-order chi connectivity index (χ1) is 16.7. The highest BCUT2D eigenvalue weighted by Crippen LogP contribution is 2.30. The molecule has 0 spiro atoms. The zero-order chi connectivity index (χ0) is 23.8. The number of rotatable bonds is 11. The fourth-order valence-electron chi connectivity index (χ4n) is 4.53. The Labute approximate surface area is 208 Å². The molecule has 34 heavy (non-hydrogen) atoms. The maximum absolute atomic E-state index is 6.13. The zero-order valence-electron chi connectivity index (χ0n) is 20.6. The van der Waals surface area contributed by atoms with Crippen molar-refractivity contribution in [1.82, 2.24) is 4.98 Å². The van der Waals surface area contributed by atoms with E-state index < -0.39 is 0 Å². The molecule has 4 aromatic rings. The van der Waals surface area contributed by atoms with Gasteiger partial charge in [0.1, 0.15) is 12.4 Å². The highest BCUT2D eigenvalue weighted by molar-refractivity contribution is 7.10. The minimum atomic E-state index is 0.587. The van der Waals surface area contributed by atoms with Gasteiger partial charge in [-0.1, -0.05) is 81.3 Å². The fraction of sp³-hybridized carbons (Fsp3) is 0.323. The molecule has 0 fully saturated rings. The lowest BCUT2D eigenvalue weighted by Crippen LogP contribution is -2.00. The van der Waals surface area contributed by atoms with E-state index in [2.05, 4.69) is 98.9 Å². The average Bonchev–Trinajstić information content (AvgIpc) is 3.31. The second-order valence-electron chi connectivity index (χ2n) is 9.07. The van der Waals surface area contributed by atoms with Crippen LogP contribution in [0, 0.1) is 6.92 Å². The lowest BCUT2D eigenvalue weighted by atomic mass is 9.90. The zero-order valence-corrected chi connectivity index (χ0v) is 21.4. The number of nitrogens with zero attached hydrogens (tertiary/aromatic N) is 1. The molecule has 176 valence electrons. The van der Waals surface area contributed by atoms with E-state index in [-0.39, 0.29) is 0 Å². The summed E-state index contributed by atoms with van der Waals surface area (Å²) in [5.74, 6) is 1.58. The summed E-state index contributed by atoms with van der Waals surface area (Å²) in [4.78, 5) is 4.89. The van der Waals surface area contributed by atoms with Crippen LogP contribution in [0.3, 0.4) is 0 Å². The molecule has 4 rings (SSSR count). The van der Waals surface area contributed by atoms with Crippen molar-refractivity contribution < 1.29 is 4.74 Å². The molecule has 3 heteroatoms. The number of ether oxygens (including phenoxy) is 1. The van der Waals surface area contributed by atoms with Gasteiger partial charge in [0.05, 0.1) is 10.7 Å². The predicted molar refractivity (Wildman–Crippen MR) is 145 cm³/mol. The molecular weight excluding hydrogens is 434 g/mol. The Balaban J connectivity index is 1.37. The van der Waals surface area contributed by atoms with Gasteiger partial charge in [-0.05, 0) is 66.1 Å². The third-order valence-corrected chi connectivity index (χ3v) is 7.20. The van der Waals surface area contributed by atoms with Crippen LogP contribution in [0.1, 0.15) is 72.7 Å². The summed E-state index contributed by atoms with van der Waals surface area (Å²) < 4.78 is 6.13. The molecule has 0 saturated carbocycles. The molecule has 0 radical (unpaired) electrons. The van der Waals surface area contributed by atoms with E-state index in [0.717, 1.165) is 22.9 Å². The molecule has 1 aromatic heterocycles. The molecule has 0 amide bonds. The molecule has 3 aromatic carbocycles. The molecule has 0 aliphatic rings. The van der Waals surface area contributed by atoms with Crippen LogP contribution in [0.2, 0.25) is 0 Å². The molecule has 0 bridgehead atoms. The third-order valence-electron chi connectivity index (χ3n) is 6.35. The van der Waals surface area contributed by atoms with Gasteiger partial charge in [0.25, 0.3) is 0 Å². The van der Waals surface area contributed by atoms with E-state index in [1.807, 2.05) is 0 Å². The van der Waals surface area contributed by atoms with Gasteiger partial charge in [-0.15, -0.1) is 11.3 Å². The number of thiazole rings is 1. The first kappa shape index (κ1) is 24.2. The lowest BCUT2D eigenvalue weighted by Gasteiger charge is -2.16. The van der Waals surface area contributed by atoms with Crippen molar-refractivity contribution in [1.29, 1.82) is 0 Å². The number of hydrogen-bond donors (Lipinski definition) is 0. The molecule has 1 heterocycles. The lowest BCUT2D eigenvalue weighted by molar-refractivity contribution is 0.306. The Hall–Kier alpha value is -2.91. The Kier molecular flexibility index (Phi) is 8.54. The summed E-state index contributed by atoms with van der Waals surface area (Å²) >= 11 is 1.73. The van der Waals surface area contributed by atoms with Crippen molar-refractivity contribution >= 4 is 11.3 Å². The van der Waals surface area contributed by atoms with Crippen molar-refractivity contribution in [3.8, 4) is 17.0 Å². The number of aryl methyl sites for hydroxylation is 1. The van der Waals surface area contributed by atoms with Crippen LogP contribution in [-0.2, 0) is 13.0 Å². The molecule has 0 aliphatic heterocycles. The van der Waals surface area contributed by atoms with Gasteiger partial charge in [-0.3, -0.25) is 0 Å². The van der Waals surface area contributed by atoms with Crippen molar-refractivity contribution in [3.63, 3.8) is 0 Å². The van der Waals surface area contributed by atoms with E-state index >= 15 is 0 Å². The monoisotopic (exact) mass is 469 g/mol. The summed E-state index contributed by atoms with van der Waals surface area (Å²) in [6.07, 6.45) is 5.88. The first-order valence-electron chi connectivity index (χ1n) is 12.5. The van der Waals surface area contributed by atoms with Crippen LogP contribution in [0.15, 0.2) is 78.2 Å². The molecule has 0 aliphatic carbocycles. The second kappa shape index (κ2) is 12.0. The van der Waals surface area contributed by atoms with Crippen LogP contribution in [0.4, 0.5) is 0 Å². The maximum atomic E-state index is 6.13. The standard InChI is InChI=1S/C31H35NOS/c1-4-9-26(10-5-2)27-15-13-25(14-16-27)21-33-28-17-18-29(23(3)19-28)30-22-34-31(32-30)20-24-11-7-6-8-12-24/h6-8,11-19,22,26H,4-5,9-10,20-21H2,1-3H3. The van der Waals surface area contributed by atoms with Gasteiger partial charge in [-0.2, -0.15) is 0 Å². The topological polar surface area (TPSA) is 22.1 Å². The molecule has 0 atom stereocenters. The van der Waals surface area contributed by atoms with Crippen molar-refractivity contribution in [3.05, 3.63) is 105 Å². The minimum absolute atomic E-state index is 0.587. The summed E-state index contributed by atoms with van der Waals surface area (Å²) in [5.41, 5.74) is 7.37. The van der Waals surface area contributed by atoms with Gasteiger partial charge in [0.15, 0.2) is 0 Å². The van der Waals surface area contributed by atoms with Gasteiger partial charge in [0, 0.05) is 17.4 Å². The maximum Gasteiger partial charge on any atom is 0.120 e. The van der Waals surface area contributed by atoms with Crippen LogP contribution < -0.4 is 4.74 Å². The normalized spacial score (nSPS) is 11.2. The molecule has 0 saturated heterocycles. The summed E-state index contributed by atoms with van der Waals surface area (Å²) in [7, 11) is 0. The Morgan fingerprint density at radius 1 is 0.853 bits per heavy atom. The third kappa shape index (κ3) is 6.36. The second-order valence-corrected chi connectivity index (χ2v) is 10.0. The Bertz CT molecular complexity index is 1160. The van der Waals surface area contributed by atoms with E-state index in [9.17, 15) is 0 Å². The SMILES string of the molecule is CCCC(CCC)c1ccc(COc2ccc(-c3csc(Cc4ccccc4)n3)c(C)c2)cc1. The molecular formula is C31H35NOS. The van der Waals surface area contributed by atoms with Crippen molar-refractivity contribution in [2.45, 2.75) is 65.4 Å². The highest BCUT2D eigenvalue weighted by Gasteiger charge is 2.11. The van der Waals surface area contributed by atoms with Crippen LogP contribution >= 0.6 is 11.3 Å². The van der Waals surface area contributed by atoms with E-state index in [0.29, 0.717) is 12.5 Å². The Morgan fingerprint density at radius 3 is 2.26 bits per heavy atom. The van der Waals surface area contributed by atoms with Crippen LogP contribution in [0.5, 0.6) is 5.75 Å². The quantitative estimate of drug-likeness (QED) is 0.219. The summed E-state index contributed by atoms with van der Waals surface area (Å²) in [6.45, 7) is 7.27. The van der Waals surface area contributed by atoms with Crippen molar-refractivity contribution in [2.24, 2.45) is 0 Å². The summed E-state index contributed by atoms with van der Waals surface area (Å²) in [6, 6.07) is 25.9. The fourth-order valence-corrected chi connectivity index (χ4v) is 5.36.